The molecule has 0 fully saturated rings. The highest BCUT2D eigenvalue weighted by Crippen LogP contribution is 2.27. The molecule has 0 aliphatic heterocycles. The van der Waals surface area contributed by atoms with Crippen LogP contribution in [0.25, 0.3) is 11.3 Å². The molecule has 21 heavy (non-hydrogen) atoms. The summed E-state index contributed by atoms with van der Waals surface area (Å²) in [5.74, 6) is 0.944. The molecule has 0 saturated heterocycles. The van der Waals surface area contributed by atoms with Crippen LogP contribution in [-0.4, -0.2) is 5.16 Å². The van der Waals surface area contributed by atoms with Crippen LogP contribution in [0, 0.1) is 5.82 Å². The van der Waals surface area contributed by atoms with Gasteiger partial charge >= 0.3 is 0 Å². The van der Waals surface area contributed by atoms with E-state index in [9.17, 15) is 4.39 Å². The highest BCUT2D eigenvalue weighted by atomic mass is 32.2. The maximum atomic E-state index is 13.4. The summed E-state index contributed by atoms with van der Waals surface area (Å²) in [7, 11) is 0. The number of rotatable bonds is 4. The van der Waals surface area contributed by atoms with Gasteiger partial charge in [0.15, 0.2) is 5.76 Å². The van der Waals surface area contributed by atoms with Crippen molar-refractivity contribution >= 4 is 17.4 Å². The molecule has 0 amide bonds. The van der Waals surface area contributed by atoms with Crippen molar-refractivity contribution in [2.45, 2.75) is 10.6 Å². The topological polar surface area (TPSA) is 52.0 Å². The van der Waals surface area contributed by atoms with Crippen LogP contribution in [0.5, 0.6) is 0 Å². The number of anilines is 1. The predicted octanol–water partition coefficient (Wildman–Crippen LogP) is 4.36. The molecule has 0 saturated carbocycles. The molecule has 106 valence electrons. The largest absolute Gasteiger partial charge is 0.396 e. The van der Waals surface area contributed by atoms with Crippen molar-refractivity contribution in [3.63, 3.8) is 0 Å². The Morgan fingerprint density at radius 2 is 1.90 bits per heavy atom. The number of thioether (sulfide) groups is 1. The van der Waals surface area contributed by atoms with Gasteiger partial charge in [0, 0.05) is 22.3 Å². The molecule has 0 atom stereocenters. The molecule has 3 aromatic rings. The Kier molecular flexibility index (Phi) is 3.92. The van der Waals surface area contributed by atoms with E-state index in [1.165, 1.54) is 17.8 Å². The molecule has 1 aromatic heterocycles. The summed E-state index contributed by atoms with van der Waals surface area (Å²) < 4.78 is 18.7. The molecule has 0 unspecified atom stereocenters. The molecule has 1 heterocycles. The third kappa shape index (κ3) is 3.25. The predicted molar refractivity (Wildman–Crippen MR) is 82.3 cm³/mol. The van der Waals surface area contributed by atoms with Gasteiger partial charge in [0.25, 0.3) is 0 Å². The van der Waals surface area contributed by atoms with Gasteiger partial charge in [-0.15, -0.1) is 11.8 Å². The zero-order valence-corrected chi connectivity index (χ0v) is 11.9. The average molecular weight is 300 g/mol. The summed E-state index contributed by atoms with van der Waals surface area (Å²) in [6, 6.07) is 16.5. The lowest BCUT2D eigenvalue weighted by atomic mass is 10.2. The van der Waals surface area contributed by atoms with E-state index in [0.29, 0.717) is 5.75 Å². The molecule has 0 bridgehead atoms. The normalized spacial score (nSPS) is 10.7. The minimum Gasteiger partial charge on any atom is -0.396 e. The number of nitrogen functional groups attached to an aromatic ring is 1. The van der Waals surface area contributed by atoms with Crippen molar-refractivity contribution in [2.75, 3.05) is 5.73 Å². The van der Waals surface area contributed by atoms with Crippen molar-refractivity contribution in [1.82, 2.24) is 5.16 Å². The van der Waals surface area contributed by atoms with E-state index in [2.05, 4.69) is 5.16 Å². The van der Waals surface area contributed by atoms with Gasteiger partial charge in [-0.05, 0) is 18.2 Å². The van der Waals surface area contributed by atoms with Crippen LogP contribution in [0.3, 0.4) is 0 Å². The smallest absolute Gasteiger partial charge is 0.167 e. The van der Waals surface area contributed by atoms with Gasteiger partial charge in [0.1, 0.15) is 5.82 Å². The lowest BCUT2D eigenvalue weighted by molar-refractivity contribution is 0.426. The van der Waals surface area contributed by atoms with Crippen LogP contribution in [-0.2, 0) is 5.75 Å². The summed E-state index contributed by atoms with van der Waals surface area (Å²) >= 11 is 1.49. The number of hydrogen-bond acceptors (Lipinski definition) is 4. The molecule has 0 spiro atoms. The van der Waals surface area contributed by atoms with Gasteiger partial charge in [-0.25, -0.2) is 4.39 Å². The van der Waals surface area contributed by atoms with Gasteiger partial charge < -0.3 is 10.3 Å². The van der Waals surface area contributed by atoms with Crippen molar-refractivity contribution in [1.29, 1.82) is 0 Å². The maximum absolute atomic E-state index is 13.4. The second-order valence-corrected chi connectivity index (χ2v) is 5.57. The Morgan fingerprint density at radius 3 is 2.67 bits per heavy atom. The third-order valence-electron chi connectivity index (χ3n) is 2.98. The molecule has 2 aromatic carbocycles. The first kappa shape index (κ1) is 13.7. The molecular formula is C16H13FN2OS. The lowest BCUT2D eigenvalue weighted by Gasteiger charge is -2.01. The number of aromatic nitrogens is 1. The third-order valence-corrected chi connectivity index (χ3v) is 4.00. The van der Waals surface area contributed by atoms with Crippen LogP contribution in [0.1, 0.15) is 5.69 Å². The number of halogens is 1. The Morgan fingerprint density at radius 1 is 1.10 bits per heavy atom. The van der Waals surface area contributed by atoms with Gasteiger partial charge in [-0.3, -0.25) is 0 Å². The first-order valence-corrected chi connectivity index (χ1v) is 7.40. The minimum atomic E-state index is -0.398. The van der Waals surface area contributed by atoms with E-state index in [1.807, 2.05) is 36.4 Å². The minimum absolute atomic E-state index is 0.159. The molecule has 2 N–H and O–H groups in total. The first-order chi connectivity index (χ1) is 10.2. The summed E-state index contributed by atoms with van der Waals surface area (Å²) in [6.07, 6.45) is 0. The van der Waals surface area contributed by atoms with Crippen LogP contribution in [0.4, 0.5) is 10.1 Å². The van der Waals surface area contributed by atoms with Crippen LogP contribution in [0.2, 0.25) is 0 Å². The van der Waals surface area contributed by atoms with Crippen molar-refractivity contribution in [2.24, 2.45) is 0 Å². The second-order valence-electron chi connectivity index (χ2n) is 4.52. The van der Waals surface area contributed by atoms with Crippen molar-refractivity contribution < 1.29 is 8.91 Å². The maximum Gasteiger partial charge on any atom is 0.167 e. The number of nitrogens with two attached hydrogens (primary N) is 1. The van der Waals surface area contributed by atoms with Gasteiger partial charge in [0.05, 0.1) is 11.4 Å². The van der Waals surface area contributed by atoms with E-state index in [-0.39, 0.29) is 5.69 Å². The lowest BCUT2D eigenvalue weighted by Crippen LogP contribution is -1.90. The van der Waals surface area contributed by atoms with E-state index >= 15 is 0 Å². The Balaban J connectivity index is 1.69. The molecule has 0 radical (unpaired) electrons. The summed E-state index contributed by atoms with van der Waals surface area (Å²) in [6.45, 7) is 0. The van der Waals surface area contributed by atoms with Crippen molar-refractivity contribution in [3.05, 3.63) is 66.1 Å². The monoisotopic (exact) mass is 300 g/mol. The quantitative estimate of drug-likeness (QED) is 0.574. The SMILES string of the molecule is Nc1ccc(SCc2cc(-c3ccccc3)on2)cc1F. The highest BCUT2D eigenvalue weighted by Gasteiger charge is 2.07. The fourth-order valence-corrected chi connectivity index (χ4v) is 2.67. The summed E-state index contributed by atoms with van der Waals surface area (Å²) in [4.78, 5) is 0.811. The van der Waals surface area contributed by atoms with Gasteiger partial charge in [-0.1, -0.05) is 35.5 Å². The highest BCUT2D eigenvalue weighted by molar-refractivity contribution is 7.98. The fraction of sp³-hybridized carbons (Fsp3) is 0.0625. The summed E-state index contributed by atoms with van der Waals surface area (Å²) in [5.41, 5.74) is 7.41. The zero-order chi connectivity index (χ0) is 14.7. The molecular weight excluding hydrogens is 287 g/mol. The Hall–Kier alpha value is -2.27. The zero-order valence-electron chi connectivity index (χ0n) is 11.1. The number of hydrogen-bond donors (Lipinski definition) is 1. The standard InChI is InChI=1S/C16H13FN2OS/c17-14-9-13(6-7-15(14)18)21-10-12-8-16(20-19-12)11-4-2-1-3-5-11/h1-9H,10,18H2. The molecule has 3 rings (SSSR count). The number of nitrogens with zero attached hydrogens (tertiary/aromatic N) is 1. The van der Waals surface area contributed by atoms with E-state index < -0.39 is 5.82 Å². The van der Waals surface area contributed by atoms with Crippen LogP contribution < -0.4 is 5.73 Å². The van der Waals surface area contributed by atoms with Gasteiger partial charge in [-0.2, -0.15) is 0 Å². The van der Waals surface area contributed by atoms with Crippen LogP contribution in [0.15, 0.2) is 64.0 Å². The number of benzene rings is 2. The molecule has 0 aliphatic carbocycles. The molecule has 0 aliphatic rings. The van der Waals surface area contributed by atoms with E-state index in [0.717, 1.165) is 21.9 Å². The van der Waals surface area contributed by atoms with E-state index in [1.54, 1.807) is 12.1 Å². The Labute approximate surface area is 126 Å². The van der Waals surface area contributed by atoms with Gasteiger partial charge in [0.2, 0.25) is 0 Å². The van der Waals surface area contributed by atoms with Crippen molar-refractivity contribution in [3.8, 4) is 11.3 Å². The molecule has 5 heteroatoms. The fourth-order valence-electron chi connectivity index (χ4n) is 1.87. The molecule has 3 nitrogen and oxygen atoms in total. The first-order valence-electron chi connectivity index (χ1n) is 6.41. The average Bonchev–Trinajstić information content (AvgIpc) is 2.98. The van der Waals surface area contributed by atoms with Crippen LogP contribution >= 0.6 is 11.8 Å². The summed E-state index contributed by atoms with van der Waals surface area (Å²) in [5, 5.41) is 4.03. The second kappa shape index (κ2) is 6.01. The van der Waals surface area contributed by atoms with E-state index in [4.69, 9.17) is 10.3 Å². The Bertz CT molecular complexity index is 743.